The van der Waals surface area contributed by atoms with Crippen molar-refractivity contribution in [2.45, 2.75) is 32.1 Å². The van der Waals surface area contributed by atoms with Crippen molar-refractivity contribution < 1.29 is 0 Å². The molecule has 0 aliphatic heterocycles. The van der Waals surface area contributed by atoms with Crippen molar-refractivity contribution in [3.8, 4) is 0 Å². The van der Waals surface area contributed by atoms with Crippen LogP contribution >= 0.6 is 0 Å². The van der Waals surface area contributed by atoms with Crippen molar-refractivity contribution in [3.63, 3.8) is 0 Å². The van der Waals surface area contributed by atoms with E-state index >= 15 is 0 Å². The first-order valence-electron chi connectivity index (χ1n) is 10.1. The summed E-state index contributed by atoms with van der Waals surface area (Å²) >= 11 is 0. The molecule has 3 nitrogen and oxygen atoms in total. The molecule has 0 amide bonds. The largest absolute Gasteiger partial charge is 0.369 e. The zero-order valence-corrected chi connectivity index (χ0v) is 16.6. The van der Waals surface area contributed by atoms with Gasteiger partial charge in [-0.15, -0.1) is 0 Å². The van der Waals surface area contributed by atoms with E-state index in [1.54, 1.807) is 6.33 Å². The van der Waals surface area contributed by atoms with Crippen molar-refractivity contribution in [1.29, 1.82) is 0 Å². The van der Waals surface area contributed by atoms with Crippen molar-refractivity contribution in [2.75, 3.05) is 11.9 Å². The lowest BCUT2D eigenvalue weighted by Crippen LogP contribution is -2.25. The third-order valence-corrected chi connectivity index (χ3v) is 5.52. The van der Waals surface area contributed by atoms with Crippen molar-refractivity contribution in [2.24, 2.45) is 5.92 Å². The molecule has 1 aromatic heterocycles. The monoisotopic (exact) mass is 369 g/mol. The van der Waals surface area contributed by atoms with E-state index in [4.69, 9.17) is 0 Å². The first-order valence-corrected chi connectivity index (χ1v) is 10.1. The Bertz CT molecular complexity index is 1000. The smallest absolute Gasteiger partial charge is 0.137 e. The van der Waals surface area contributed by atoms with Crippen LogP contribution in [0, 0.1) is 5.92 Å². The minimum absolute atomic E-state index is 0.157. The highest BCUT2D eigenvalue weighted by molar-refractivity contribution is 5.89. The van der Waals surface area contributed by atoms with Gasteiger partial charge in [-0.2, -0.15) is 0 Å². The maximum absolute atomic E-state index is 4.53. The molecular weight excluding hydrogens is 342 g/mol. The summed E-state index contributed by atoms with van der Waals surface area (Å²) in [5.74, 6) is 1.59. The van der Waals surface area contributed by atoms with Gasteiger partial charge in [-0.25, -0.2) is 9.97 Å². The fourth-order valence-corrected chi connectivity index (χ4v) is 3.90. The number of allylic oxidation sites excluding steroid dienone is 4. The van der Waals surface area contributed by atoms with E-state index in [0.717, 1.165) is 36.1 Å². The maximum atomic E-state index is 4.53. The molecule has 3 aromatic rings. The van der Waals surface area contributed by atoms with Crippen LogP contribution in [0.25, 0.3) is 10.9 Å². The number of hydrogen-bond acceptors (Lipinski definition) is 3. The third kappa shape index (κ3) is 3.57. The standard InChI is InChI=1S/C25H27N3/c1-19(2)13-16-26-24-22-17-21(11-12-23(22)27-18-28-24)25(14-7-4-8-15-25)20-9-5-3-6-10-20/h3-12,14,17-19H,13,15-16H2,1-2H3,(H,26,27,28). The van der Waals surface area contributed by atoms with Crippen LogP contribution in [-0.4, -0.2) is 16.5 Å². The molecule has 1 aliphatic carbocycles. The second-order valence-corrected chi connectivity index (χ2v) is 7.89. The Morgan fingerprint density at radius 3 is 2.61 bits per heavy atom. The van der Waals surface area contributed by atoms with E-state index in [1.165, 1.54) is 11.1 Å². The summed E-state index contributed by atoms with van der Waals surface area (Å²) in [7, 11) is 0. The fraction of sp³-hybridized carbons (Fsp3) is 0.280. The Morgan fingerprint density at radius 2 is 1.86 bits per heavy atom. The van der Waals surface area contributed by atoms with Gasteiger partial charge in [0.2, 0.25) is 0 Å². The number of nitrogens with one attached hydrogen (secondary N) is 1. The maximum Gasteiger partial charge on any atom is 0.137 e. The van der Waals surface area contributed by atoms with Gasteiger partial charge >= 0.3 is 0 Å². The Hall–Kier alpha value is -2.94. The van der Waals surface area contributed by atoms with Crippen LogP contribution in [0.1, 0.15) is 37.8 Å². The lowest BCUT2D eigenvalue weighted by molar-refractivity contribution is 0.607. The molecule has 4 rings (SSSR count). The van der Waals surface area contributed by atoms with Crippen LogP contribution in [0.5, 0.6) is 0 Å². The second-order valence-electron chi connectivity index (χ2n) is 7.89. The van der Waals surface area contributed by atoms with Gasteiger partial charge in [0.15, 0.2) is 0 Å². The predicted molar refractivity (Wildman–Crippen MR) is 118 cm³/mol. The minimum Gasteiger partial charge on any atom is -0.369 e. The van der Waals surface area contributed by atoms with Gasteiger partial charge in [-0.3, -0.25) is 0 Å². The van der Waals surface area contributed by atoms with Gasteiger partial charge in [0, 0.05) is 17.3 Å². The predicted octanol–water partition coefficient (Wildman–Crippen LogP) is 5.89. The SMILES string of the molecule is CC(C)CCNc1ncnc2ccc(C3(c4ccccc4)C=CC=CC3)cc12. The minimum atomic E-state index is -0.157. The molecule has 0 saturated carbocycles. The molecule has 1 heterocycles. The molecule has 1 aliphatic rings. The molecular formula is C25H27N3. The van der Waals surface area contributed by atoms with Crippen molar-refractivity contribution in [3.05, 3.63) is 90.3 Å². The topological polar surface area (TPSA) is 37.8 Å². The average molecular weight is 370 g/mol. The van der Waals surface area contributed by atoms with Crippen molar-refractivity contribution in [1.82, 2.24) is 9.97 Å². The summed E-state index contributed by atoms with van der Waals surface area (Å²) < 4.78 is 0. The number of nitrogens with zero attached hydrogens (tertiary/aromatic N) is 2. The highest BCUT2D eigenvalue weighted by Crippen LogP contribution is 2.40. The zero-order chi connectivity index (χ0) is 19.4. The van der Waals surface area contributed by atoms with Crippen molar-refractivity contribution >= 4 is 16.7 Å². The zero-order valence-electron chi connectivity index (χ0n) is 16.6. The summed E-state index contributed by atoms with van der Waals surface area (Å²) in [5, 5.41) is 4.60. The highest BCUT2D eigenvalue weighted by atomic mass is 15.0. The van der Waals surface area contributed by atoms with E-state index < -0.39 is 0 Å². The van der Waals surface area contributed by atoms with Gasteiger partial charge in [0.1, 0.15) is 12.1 Å². The molecule has 142 valence electrons. The molecule has 1 unspecified atom stereocenters. The number of anilines is 1. The molecule has 0 radical (unpaired) electrons. The Labute approximate surface area is 167 Å². The molecule has 0 spiro atoms. The second kappa shape index (κ2) is 7.97. The molecule has 1 atom stereocenters. The van der Waals surface area contributed by atoms with Crippen LogP contribution < -0.4 is 5.32 Å². The third-order valence-electron chi connectivity index (χ3n) is 5.52. The van der Waals surface area contributed by atoms with E-state index in [9.17, 15) is 0 Å². The summed E-state index contributed by atoms with van der Waals surface area (Å²) in [6.45, 7) is 5.40. The molecule has 1 N–H and O–H groups in total. The lowest BCUT2D eigenvalue weighted by Gasteiger charge is -2.33. The first kappa shape index (κ1) is 18.4. The van der Waals surface area contributed by atoms with E-state index in [-0.39, 0.29) is 5.41 Å². The highest BCUT2D eigenvalue weighted by Gasteiger charge is 2.31. The molecule has 2 aromatic carbocycles. The number of fused-ring (bicyclic) bond motifs is 1. The quantitative estimate of drug-likeness (QED) is 0.589. The average Bonchev–Trinajstić information content (AvgIpc) is 2.74. The van der Waals surface area contributed by atoms with Gasteiger partial charge in [0.25, 0.3) is 0 Å². The molecule has 0 bridgehead atoms. The molecule has 3 heteroatoms. The van der Waals surface area contributed by atoms with Crippen LogP contribution in [0.3, 0.4) is 0 Å². The summed E-state index contributed by atoms with van der Waals surface area (Å²) in [4.78, 5) is 9.01. The summed E-state index contributed by atoms with van der Waals surface area (Å²) in [6, 6.07) is 17.3. The van der Waals surface area contributed by atoms with Crippen LogP contribution in [-0.2, 0) is 5.41 Å². The fourth-order valence-electron chi connectivity index (χ4n) is 3.90. The number of benzene rings is 2. The summed E-state index contributed by atoms with van der Waals surface area (Å²) in [5.41, 5.74) is 3.40. The van der Waals surface area contributed by atoms with Crippen LogP contribution in [0.4, 0.5) is 5.82 Å². The first-order chi connectivity index (χ1) is 13.7. The lowest BCUT2D eigenvalue weighted by atomic mass is 9.70. The molecule has 28 heavy (non-hydrogen) atoms. The van der Waals surface area contributed by atoms with Gasteiger partial charge in [0.05, 0.1) is 5.52 Å². The van der Waals surface area contributed by atoms with E-state index in [0.29, 0.717) is 5.92 Å². The number of aromatic nitrogens is 2. The van der Waals surface area contributed by atoms with Gasteiger partial charge < -0.3 is 5.32 Å². The Kier molecular flexibility index (Phi) is 5.25. The van der Waals surface area contributed by atoms with E-state index in [2.05, 4.69) is 102 Å². The Balaban J connectivity index is 1.79. The molecule has 0 saturated heterocycles. The number of rotatable bonds is 6. The van der Waals surface area contributed by atoms with Crippen LogP contribution in [0.15, 0.2) is 79.2 Å². The van der Waals surface area contributed by atoms with Gasteiger partial charge in [-0.1, -0.05) is 74.5 Å². The normalized spacial score (nSPS) is 18.7. The summed E-state index contributed by atoms with van der Waals surface area (Å²) in [6.07, 6.45) is 12.6. The number of hydrogen-bond donors (Lipinski definition) is 1. The van der Waals surface area contributed by atoms with E-state index in [1.807, 2.05) is 0 Å². The molecule has 0 fully saturated rings. The van der Waals surface area contributed by atoms with Gasteiger partial charge in [-0.05, 0) is 42.0 Å². The Morgan fingerprint density at radius 1 is 1.00 bits per heavy atom. The van der Waals surface area contributed by atoms with Crippen LogP contribution in [0.2, 0.25) is 0 Å².